The van der Waals surface area contributed by atoms with E-state index in [1.165, 1.54) is 6.92 Å². The molecule has 80 valence electrons. The van der Waals surface area contributed by atoms with E-state index in [4.69, 9.17) is 11.3 Å². The van der Waals surface area contributed by atoms with Gasteiger partial charge in [0, 0.05) is 6.92 Å². The standard InChI is InChI=1S/C10H17O2.Cu/c1-4-5-6-9(2)7-8-12-10(3)11;/h2H,4-8H2,1,3H3;/q-1;+1. The van der Waals surface area contributed by atoms with Crippen LogP contribution < -0.4 is 0 Å². The van der Waals surface area contributed by atoms with Crippen LogP contribution in [0.15, 0.2) is 5.57 Å². The fourth-order valence-electron chi connectivity index (χ4n) is 0.855. The van der Waals surface area contributed by atoms with E-state index < -0.39 is 0 Å². The van der Waals surface area contributed by atoms with Crippen LogP contribution in [-0.2, 0) is 26.6 Å². The Bertz CT molecular complexity index is 155. The molecular formula is C10H17CuO2. The molecule has 0 fully saturated rings. The first kappa shape index (κ1) is 15.2. The zero-order valence-electron chi connectivity index (χ0n) is 8.23. The summed E-state index contributed by atoms with van der Waals surface area (Å²) in [6, 6.07) is 0. The van der Waals surface area contributed by atoms with Gasteiger partial charge in [-0.05, 0) is 6.42 Å². The predicted molar refractivity (Wildman–Crippen MR) is 48.6 cm³/mol. The largest absolute Gasteiger partial charge is 1.00 e. The van der Waals surface area contributed by atoms with Crippen LogP contribution >= 0.6 is 0 Å². The summed E-state index contributed by atoms with van der Waals surface area (Å²) in [6.07, 6.45) is 3.90. The minimum absolute atomic E-state index is 0. The van der Waals surface area contributed by atoms with Crippen LogP contribution in [-0.4, -0.2) is 12.6 Å². The molecule has 0 bridgehead atoms. The molecule has 0 aromatic heterocycles. The van der Waals surface area contributed by atoms with Crippen molar-refractivity contribution in [3.05, 3.63) is 12.2 Å². The van der Waals surface area contributed by atoms with E-state index in [2.05, 4.69) is 6.92 Å². The van der Waals surface area contributed by atoms with E-state index in [9.17, 15) is 4.79 Å². The van der Waals surface area contributed by atoms with E-state index in [1.807, 2.05) is 0 Å². The zero-order chi connectivity index (χ0) is 9.40. The number of unbranched alkanes of at least 4 members (excludes halogenated alkanes) is 1. The topological polar surface area (TPSA) is 26.3 Å². The molecule has 0 rings (SSSR count). The van der Waals surface area contributed by atoms with E-state index in [0.29, 0.717) is 13.0 Å². The normalized spacial score (nSPS) is 8.77. The van der Waals surface area contributed by atoms with E-state index in [0.717, 1.165) is 24.8 Å². The molecule has 0 heterocycles. The second-order valence-electron chi connectivity index (χ2n) is 2.85. The molecule has 13 heavy (non-hydrogen) atoms. The third kappa shape index (κ3) is 11.7. The van der Waals surface area contributed by atoms with Crippen LogP contribution in [0.3, 0.4) is 0 Å². The van der Waals surface area contributed by atoms with E-state index in [1.54, 1.807) is 0 Å². The van der Waals surface area contributed by atoms with Crippen molar-refractivity contribution in [2.75, 3.05) is 6.61 Å². The molecule has 0 aliphatic carbocycles. The van der Waals surface area contributed by atoms with E-state index in [-0.39, 0.29) is 23.0 Å². The fraction of sp³-hybridized carbons (Fsp3) is 0.700. The third-order valence-corrected chi connectivity index (χ3v) is 1.58. The van der Waals surface area contributed by atoms with Gasteiger partial charge in [0.05, 0.1) is 6.61 Å². The van der Waals surface area contributed by atoms with Gasteiger partial charge in [-0.1, -0.05) is 26.2 Å². The number of carbonyl (C=O) groups is 1. The van der Waals surface area contributed by atoms with Gasteiger partial charge in [0.25, 0.3) is 0 Å². The number of ether oxygens (including phenoxy) is 1. The molecule has 0 aliphatic rings. The Kier molecular flexibility index (Phi) is 11.5. The van der Waals surface area contributed by atoms with Gasteiger partial charge in [-0.15, -0.1) is 0 Å². The second kappa shape index (κ2) is 9.81. The van der Waals surface area contributed by atoms with Crippen LogP contribution in [0.1, 0.15) is 39.5 Å². The van der Waals surface area contributed by atoms with E-state index >= 15 is 0 Å². The number of esters is 1. The second-order valence-corrected chi connectivity index (χ2v) is 2.85. The van der Waals surface area contributed by atoms with Crippen molar-refractivity contribution < 1.29 is 26.6 Å². The Morgan fingerprint density at radius 3 is 2.46 bits per heavy atom. The average molecular weight is 233 g/mol. The average Bonchev–Trinajstić information content (AvgIpc) is 2.00. The molecule has 0 amide bonds. The summed E-state index contributed by atoms with van der Waals surface area (Å²) < 4.78 is 4.75. The van der Waals surface area contributed by atoms with Crippen LogP contribution in [0.5, 0.6) is 0 Å². The molecule has 0 aliphatic heterocycles. The van der Waals surface area contributed by atoms with Crippen molar-refractivity contribution >= 4 is 5.97 Å². The van der Waals surface area contributed by atoms with Crippen molar-refractivity contribution in [1.82, 2.24) is 0 Å². The first-order valence-electron chi connectivity index (χ1n) is 4.40. The van der Waals surface area contributed by atoms with Crippen LogP contribution in [0.25, 0.3) is 0 Å². The van der Waals surface area contributed by atoms with Gasteiger partial charge in [-0.2, -0.15) is 0 Å². The van der Waals surface area contributed by atoms with Gasteiger partial charge in [0.2, 0.25) is 0 Å². The van der Waals surface area contributed by atoms with Gasteiger partial charge in [0.15, 0.2) is 0 Å². The summed E-state index contributed by atoms with van der Waals surface area (Å²) in [5.74, 6) is -0.238. The van der Waals surface area contributed by atoms with Crippen molar-refractivity contribution in [2.45, 2.75) is 39.5 Å². The maximum atomic E-state index is 10.4. The number of hydrogen-bond donors (Lipinski definition) is 0. The van der Waals surface area contributed by atoms with Crippen molar-refractivity contribution in [2.24, 2.45) is 0 Å². The van der Waals surface area contributed by atoms with Gasteiger partial charge in [-0.3, -0.25) is 10.4 Å². The zero-order valence-corrected chi connectivity index (χ0v) is 9.17. The molecule has 0 spiro atoms. The Morgan fingerprint density at radius 1 is 1.38 bits per heavy atom. The summed E-state index contributed by atoms with van der Waals surface area (Å²) >= 11 is 0. The first-order valence-corrected chi connectivity index (χ1v) is 4.40. The Hall–Kier alpha value is -0.271. The number of carbonyl (C=O) groups excluding carboxylic acids is 1. The summed E-state index contributed by atoms with van der Waals surface area (Å²) in [5.41, 5.74) is 0.929. The minimum Gasteiger partial charge on any atom is -0.514 e. The molecule has 0 aromatic rings. The monoisotopic (exact) mass is 232 g/mol. The molecule has 2 nitrogen and oxygen atoms in total. The maximum absolute atomic E-state index is 10.4. The summed E-state index contributed by atoms with van der Waals surface area (Å²) in [4.78, 5) is 10.4. The SMILES string of the molecule is [CH-]=C(CCCC)CCOC(C)=O.[Cu+]. The van der Waals surface area contributed by atoms with Crippen LogP contribution in [0.2, 0.25) is 0 Å². The first-order chi connectivity index (χ1) is 5.66. The van der Waals surface area contributed by atoms with Crippen LogP contribution in [0, 0.1) is 6.58 Å². The summed E-state index contributed by atoms with van der Waals surface area (Å²) in [5, 5.41) is 0. The summed E-state index contributed by atoms with van der Waals surface area (Å²) in [7, 11) is 0. The Labute approximate surface area is 91.2 Å². The van der Waals surface area contributed by atoms with Crippen molar-refractivity contribution in [1.29, 1.82) is 0 Å². The van der Waals surface area contributed by atoms with Gasteiger partial charge in [0.1, 0.15) is 0 Å². The molecular weight excluding hydrogens is 216 g/mol. The molecule has 0 radical (unpaired) electrons. The van der Waals surface area contributed by atoms with Gasteiger partial charge in [-0.25, -0.2) is 0 Å². The van der Waals surface area contributed by atoms with Crippen LogP contribution in [0.4, 0.5) is 0 Å². The van der Waals surface area contributed by atoms with Crippen molar-refractivity contribution in [3.8, 4) is 0 Å². The Morgan fingerprint density at radius 2 is 2.00 bits per heavy atom. The third-order valence-electron chi connectivity index (χ3n) is 1.58. The van der Waals surface area contributed by atoms with Gasteiger partial charge >= 0.3 is 23.0 Å². The molecule has 3 heteroatoms. The molecule has 0 saturated carbocycles. The smallest absolute Gasteiger partial charge is 0.514 e. The number of hydrogen-bond acceptors (Lipinski definition) is 2. The predicted octanol–water partition coefficient (Wildman–Crippen LogP) is 2.49. The molecule has 0 aromatic carbocycles. The minimum atomic E-state index is -0.238. The molecule has 0 saturated heterocycles. The van der Waals surface area contributed by atoms with Gasteiger partial charge < -0.3 is 11.3 Å². The maximum Gasteiger partial charge on any atom is 1.00 e. The summed E-state index contributed by atoms with van der Waals surface area (Å²) in [6.45, 7) is 9.62. The van der Waals surface area contributed by atoms with Crippen molar-refractivity contribution in [3.63, 3.8) is 0 Å². The quantitative estimate of drug-likeness (QED) is 0.400. The number of rotatable bonds is 6. The fourth-order valence-corrected chi connectivity index (χ4v) is 0.855. The molecule has 0 atom stereocenters. The Balaban J connectivity index is 0. The molecule has 0 unspecified atom stereocenters. The molecule has 0 N–H and O–H groups in total.